The van der Waals surface area contributed by atoms with Gasteiger partial charge in [-0.1, -0.05) is 17.3 Å². The quantitative estimate of drug-likeness (QED) is 0.502. The molecular formula is C16H16FNO3. The highest BCUT2D eigenvalue weighted by atomic mass is 19.1. The van der Waals surface area contributed by atoms with E-state index in [9.17, 15) is 4.39 Å². The van der Waals surface area contributed by atoms with Gasteiger partial charge < -0.3 is 14.7 Å². The fourth-order valence-electron chi connectivity index (χ4n) is 1.85. The maximum atomic E-state index is 13.1. The van der Waals surface area contributed by atoms with E-state index in [1.807, 2.05) is 6.92 Å². The standard InChI is InChI=1S/C16H16FNO3/c1-2-20-16-9-12(10-18-19)6-7-15(16)21-11-13-4-3-5-14(17)8-13/h3-10,19H,2,11H2,1H3/b18-10-. The van der Waals surface area contributed by atoms with Crippen molar-refractivity contribution in [2.24, 2.45) is 5.16 Å². The zero-order valence-electron chi connectivity index (χ0n) is 11.6. The fourth-order valence-corrected chi connectivity index (χ4v) is 1.85. The number of nitrogens with zero attached hydrogens (tertiary/aromatic N) is 1. The molecule has 0 amide bonds. The van der Waals surface area contributed by atoms with Crippen LogP contribution in [0.4, 0.5) is 4.39 Å². The Morgan fingerprint density at radius 1 is 1.14 bits per heavy atom. The van der Waals surface area contributed by atoms with Gasteiger partial charge in [-0.3, -0.25) is 0 Å². The highest BCUT2D eigenvalue weighted by Gasteiger charge is 2.07. The van der Waals surface area contributed by atoms with Crippen molar-refractivity contribution in [1.29, 1.82) is 0 Å². The van der Waals surface area contributed by atoms with E-state index >= 15 is 0 Å². The van der Waals surface area contributed by atoms with Crippen LogP contribution in [0, 0.1) is 5.82 Å². The predicted molar refractivity (Wildman–Crippen MR) is 77.7 cm³/mol. The summed E-state index contributed by atoms with van der Waals surface area (Å²) in [6.07, 6.45) is 1.30. The monoisotopic (exact) mass is 289 g/mol. The number of oxime groups is 1. The molecule has 0 fully saturated rings. The summed E-state index contributed by atoms with van der Waals surface area (Å²) in [7, 11) is 0. The molecule has 1 N–H and O–H groups in total. The van der Waals surface area contributed by atoms with Gasteiger partial charge in [-0.2, -0.15) is 0 Å². The molecule has 0 heterocycles. The van der Waals surface area contributed by atoms with Gasteiger partial charge in [-0.25, -0.2) is 4.39 Å². The van der Waals surface area contributed by atoms with E-state index in [4.69, 9.17) is 14.7 Å². The molecule has 0 aliphatic carbocycles. The lowest BCUT2D eigenvalue weighted by molar-refractivity contribution is 0.269. The summed E-state index contributed by atoms with van der Waals surface area (Å²) in [6, 6.07) is 11.4. The van der Waals surface area contributed by atoms with Gasteiger partial charge >= 0.3 is 0 Å². The van der Waals surface area contributed by atoms with Gasteiger partial charge in [0.15, 0.2) is 11.5 Å². The smallest absolute Gasteiger partial charge is 0.161 e. The number of rotatable bonds is 6. The van der Waals surface area contributed by atoms with Crippen LogP contribution in [0.2, 0.25) is 0 Å². The second-order valence-electron chi connectivity index (χ2n) is 4.30. The van der Waals surface area contributed by atoms with Crippen LogP contribution in [0.5, 0.6) is 11.5 Å². The zero-order valence-corrected chi connectivity index (χ0v) is 11.6. The SMILES string of the molecule is CCOc1cc(/C=N\O)ccc1OCc1cccc(F)c1. The summed E-state index contributed by atoms with van der Waals surface area (Å²) in [5.74, 6) is 0.804. The van der Waals surface area contributed by atoms with Crippen LogP contribution >= 0.6 is 0 Å². The third-order valence-corrected chi connectivity index (χ3v) is 2.76. The summed E-state index contributed by atoms with van der Waals surface area (Å²) in [5.41, 5.74) is 1.43. The van der Waals surface area contributed by atoms with Gasteiger partial charge in [0.2, 0.25) is 0 Å². The second kappa shape index (κ2) is 7.28. The Balaban J connectivity index is 2.14. The highest BCUT2D eigenvalue weighted by molar-refractivity contribution is 5.80. The molecule has 0 saturated heterocycles. The fraction of sp³-hybridized carbons (Fsp3) is 0.188. The van der Waals surface area contributed by atoms with E-state index in [2.05, 4.69) is 5.16 Å². The molecule has 0 spiro atoms. The number of hydrogen-bond acceptors (Lipinski definition) is 4. The van der Waals surface area contributed by atoms with Crippen molar-refractivity contribution in [3.05, 3.63) is 59.4 Å². The third kappa shape index (κ3) is 4.21. The largest absolute Gasteiger partial charge is 0.490 e. The van der Waals surface area contributed by atoms with E-state index in [0.29, 0.717) is 23.7 Å². The van der Waals surface area contributed by atoms with Gasteiger partial charge in [0.1, 0.15) is 12.4 Å². The molecule has 0 aromatic heterocycles. The van der Waals surface area contributed by atoms with Crippen molar-refractivity contribution < 1.29 is 19.1 Å². The topological polar surface area (TPSA) is 51.0 Å². The number of hydrogen-bond donors (Lipinski definition) is 1. The molecule has 5 heteroatoms. The lowest BCUT2D eigenvalue weighted by Crippen LogP contribution is -2.00. The van der Waals surface area contributed by atoms with Crippen LogP contribution in [0.25, 0.3) is 0 Å². The molecule has 110 valence electrons. The van der Waals surface area contributed by atoms with E-state index < -0.39 is 0 Å². The summed E-state index contributed by atoms with van der Waals surface area (Å²) < 4.78 is 24.3. The van der Waals surface area contributed by atoms with Crippen molar-refractivity contribution in [3.8, 4) is 11.5 Å². The van der Waals surface area contributed by atoms with Crippen molar-refractivity contribution in [1.82, 2.24) is 0 Å². The molecule has 2 aromatic carbocycles. The number of ether oxygens (including phenoxy) is 2. The Morgan fingerprint density at radius 3 is 2.71 bits per heavy atom. The first-order valence-electron chi connectivity index (χ1n) is 6.54. The minimum Gasteiger partial charge on any atom is -0.490 e. The molecular weight excluding hydrogens is 273 g/mol. The zero-order chi connectivity index (χ0) is 15.1. The van der Waals surface area contributed by atoms with Gasteiger partial charge in [-0.15, -0.1) is 0 Å². The molecule has 21 heavy (non-hydrogen) atoms. The molecule has 2 aromatic rings. The first-order valence-corrected chi connectivity index (χ1v) is 6.54. The van der Waals surface area contributed by atoms with Crippen LogP contribution in [-0.2, 0) is 6.61 Å². The summed E-state index contributed by atoms with van der Waals surface area (Å²) in [5, 5.41) is 11.5. The minimum absolute atomic E-state index is 0.241. The second-order valence-corrected chi connectivity index (χ2v) is 4.30. The molecule has 4 nitrogen and oxygen atoms in total. The maximum absolute atomic E-state index is 13.1. The average Bonchev–Trinajstić information content (AvgIpc) is 2.47. The lowest BCUT2D eigenvalue weighted by Gasteiger charge is -2.12. The normalized spacial score (nSPS) is 10.8. The molecule has 0 radical (unpaired) electrons. The van der Waals surface area contributed by atoms with Crippen LogP contribution < -0.4 is 9.47 Å². The summed E-state index contributed by atoms with van der Waals surface area (Å²) in [6.45, 7) is 2.59. The third-order valence-electron chi connectivity index (χ3n) is 2.76. The highest BCUT2D eigenvalue weighted by Crippen LogP contribution is 2.28. The van der Waals surface area contributed by atoms with Crippen molar-refractivity contribution in [2.75, 3.05) is 6.61 Å². The molecule has 2 rings (SSSR count). The van der Waals surface area contributed by atoms with Crippen molar-refractivity contribution in [2.45, 2.75) is 13.5 Å². The Hall–Kier alpha value is -2.56. The Labute approximate surface area is 122 Å². The van der Waals surface area contributed by atoms with Crippen molar-refractivity contribution in [3.63, 3.8) is 0 Å². The predicted octanol–water partition coefficient (Wildman–Crippen LogP) is 3.61. The Kier molecular flexibility index (Phi) is 5.15. The summed E-state index contributed by atoms with van der Waals surface area (Å²) in [4.78, 5) is 0. The Bertz CT molecular complexity index is 629. The number of halogens is 1. The van der Waals surface area contributed by atoms with Gasteiger partial charge in [-0.05, 0) is 42.8 Å². The molecule has 0 unspecified atom stereocenters. The first kappa shape index (κ1) is 14.8. The first-order chi connectivity index (χ1) is 10.2. The molecule has 0 bridgehead atoms. The van der Waals surface area contributed by atoms with E-state index in [-0.39, 0.29) is 12.4 Å². The van der Waals surface area contributed by atoms with Crippen LogP contribution in [0.15, 0.2) is 47.6 Å². The van der Waals surface area contributed by atoms with Gasteiger partial charge in [0, 0.05) is 5.56 Å². The molecule has 0 atom stereocenters. The molecule has 0 aliphatic heterocycles. The Morgan fingerprint density at radius 2 is 2.00 bits per heavy atom. The van der Waals surface area contributed by atoms with Gasteiger partial charge in [0.05, 0.1) is 12.8 Å². The molecule has 0 aliphatic rings. The maximum Gasteiger partial charge on any atom is 0.161 e. The van der Waals surface area contributed by atoms with E-state index in [0.717, 1.165) is 5.56 Å². The lowest BCUT2D eigenvalue weighted by atomic mass is 10.2. The van der Waals surface area contributed by atoms with E-state index in [1.54, 1.807) is 30.3 Å². The van der Waals surface area contributed by atoms with Crippen LogP contribution in [-0.4, -0.2) is 18.0 Å². The average molecular weight is 289 g/mol. The van der Waals surface area contributed by atoms with Crippen molar-refractivity contribution >= 4 is 6.21 Å². The van der Waals surface area contributed by atoms with Crippen LogP contribution in [0.1, 0.15) is 18.1 Å². The summed E-state index contributed by atoms with van der Waals surface area (Å²) >= 11 is 0. The van der Waals surface area contributed by atoms with E-state index in [1.165, 1.54) is 18.3 Å². The minimum atomic E-state index is -0.296. The van der Waals surface area contributed by atoms with Crippen LogP contribution in [0.3, 0.4) is 0 Å². The number of benzene rings is 2. The molecule has 0 saturated carbocycles. The van der Waals surface area contributed by atoms with Gasteiger partial charge in [0.25, 0.3) is 0 Å².